The Morgan fingerprint density at radius 1 is 1.03 bits per heavy atom. The molecule has 1 fully saturated rings. The molecule has 0 bridgehead atoms. The van der Waals surface area contributed by atoms with Crippen LogP contribution >= 0.6 is 0 Å². The van der Waals surface area contributed by atoms with Gasteiger partial charge >= 0.3 is 0 Å². The molecule has 3 amide bonds. The predicted octanol–water partition coefficient (Wildman–Crippen LogP) is 3.76. The van der Waals surface area contributed by atoms with Gasteiger partial charge in [0.15, 0.2) is 5.76 Å². The van der Waals surface area contributed by atoms with Gasteiger partial charge in [-0.25, -0.2) is 4.39 Å². The average Bonchev–Trinajstić information content (AvgIpc) is 3.44. The second-order valence-electron chi connectivity index (χ2n) is 8.83. The third kappa shape index (κ3) is 6.56. The quantitative estimate of drug-likeness (QED) is 0.473. The topological polar surface area (TPSA) is 105 Å². The molecule has 1 atom stereocenters. The van der Waals surface area contributed by atoms with Crippen molar-refractivity contribution in [3.05, 3.63) is 89.9 Å². The zero-order valence-electron chi connectivity index (χ0n) is 19.9. The summed E-state index contributed by atoms with van der Waals surface area (Å²) in [5.41, 5.74) is 1.23. The van der Waals surface area contributed by atoms with E-state index in [2.05, 4.69) is 15.6 Å². The monoisotopic (exact) mass is 492 g/mol. The number of nitrogens with one attached hydrogen (secondary N) is 2. The number of hydrogen-bond acceptors (Lipinski definition) is 5. The molecule has 0 aliphatic heterocycles. The second kappa shape index (κ2) is 12.1. The van der Waals surface area contributed by atoms with Gasteiger partial charge < -0.3 is 20.0 Å². The summed E-state index contributed by atoms with van der Waals surface area (Å²) in [6, 6.07) is 11.3. The predicted molar refractivity (Wildman–Crippen MR) is 130 cm³/mol. The van der Waals surface area contributed by atoms with E-state index in [1.807, 2.05) is 0 Å². The van der Waals surface area contributed by atoms with Crippen LogP contribution in [0.1, 0.15) is 59.8 Å². The lowest BCUT2D eigenvalue weighted by Crippen LogP contribution is -2.49. The van der Waals surface area contributed by atoms with Crippen molar-refractivity contribution < 1.29 is 23.2 Å². The highest BCUT2D eigenvalue weighted by atomic mass is 19.1. The lowest BCUT2D eigenvalue weighted by atomic mass is 9.94. The smallest absolute Gasteiger partial charge is 0.287 e. The van der Waals surface area contributed by atoms with E-state index in [-0.39, 0.29) is 30.8 Å². The standard InChI is InChI=1S/C27H29FN4O4/c28-21-10-8-19(9-11-21)18-32(24(33)17-30-26(34)23-7-4-16-36-23)25(20-12-14-29-15-13-20)27(35)31-22-5-2-1-3-6-22/h4,7-16,22,25H,1-3,5-6,17-18H2,(H,30,34)(H,31,35). The van der Waals surface area contributed by atoms with E-state index < -0.39 is 23.7 Å². The number of aromatic nitrogens is 1. The van der Waals surface area contributed by atoms with Crippen LogP contribution in [-0.4, -0.2) is 40.2 Å². The van der Waals surface area contributed by atoms with Crippen molar-refractivity contribution in [2.75, 3.05) is 6.54 Å². The Labute approximate surface area is 208 Å². The molecule has 2 heterocycles. The molecule has 0 spiro atoms. The minimum atomic E-state index is -0.965. The average molecular weight is 493 g/mol. The fourth-order valence-corrected chi connectivity index (χ4v) is 4.41. The zero-order valence-corrected chi connectivity index (χ0v) is 19.9. The van der Waals surface area contributed by atoms with Crippen LogP contribution in [0, 0.1) is 5.82 Å². The molecule has 3 aromatic rings. The SMILES string of the molecule is O=C(NCC(=O)N(Cc1ccc(F)cc1)C(C(=O)NC1CCCCC1)c1ccncc1)c1ccco1. The Hall–Kier alpha value is -4.01. The summed E-state index contributed by atoms with van der Waals surface area (Å²) in [4.78, 5) is 45.0. The maximum Gasteiger partial charge on any atom is 0.287 e. The highest BCUT2D eigenvalue weighted by molar-refractivity contribution is 5.95. The van der Waals surface area contributed by atoms with Crippen molar-refractivity contribution in [2.45, 2.75) is 50.7 Å². The Kier molecular flexibility index (Phi) is 8.44. The van der Waals surface area contributed by atoms with Crippen molar-refractivity contribution in [3.8, 4) is 0 Å². The summed E-state index contributed by atoms with van der Waals surface area (Å²) in [7, 11) is 0. The fourth-order valence-electron chi connectivity index (χ4n) is 4.41. The molecule has 0 saturated heterocycles. The minimum absolute atomic E-state index is 0.0389. The third-order valence-electron chi connectivity index (χ3n) is 6.27. The Balaban J connectivity index is 1.61. The molecule has 2 N–H and O–H groups in total. The van der Waals surface area contributed by atoms with Gasteiger partial charge in [0.1, 0.15) is 11.9 Å². The number of benzene rings is 1. The van der Waals surface area contributed by atoms with Crippen LogP contribution in [0.25, 0.3) is 0 Å². The number of furan rings is 1. The number of hydrogen-bond donors (Lipinski definition) is 2. The first-order chi connectivity index (χ1) is 17.5. The molecule has 1 saturated carbocycles. The van der Waals surface area contributed by atoms with E-state index in [0.717, 1.165) is 32.1 Å². The molecular formula is C27H29FN4O4. The Bertz CT molecular complexity index is 1150. The lowest BCUT2D eigenvalue weighted by molar-refractivity contribution is -0.141. The Morgan fingerprint density at radius 3 is 2.42 bits per heavy atom. The molecule has 1 aliphatic carbocycles. The zero-order chi connectivity index (χ0) is 25.3. The van der Waals surface area contributed by atoms with E-state index in [1.54, 1.807) is 42.7 Å². The number of nitrogens with zero attached hydrogens (tertiary/aromatic N) is 2. The molecule has 4 rings (SSSR count). The summed E-state index contributed by atoms with van der Waals surface area (Å²) in [5.74, 6) is -1.64. The molecule has 36 heavy (non-hydrogen) atoms. The first-order valence-corrected chi connectivity index (χ1v) is 12.1. The van der Waals surface area contributed by atoms with Gasteiger partial charge in [0.2, 0.25) is 11.8 Å². The van der Waals surface area contributed by atoms with Crippen LogP contribution in [0.3, 0.4) is 0 Å². The van der Waals surface area contributed by atoms with Gasteiger partial charge in [0.05, 0.1) is 12.8 Å². The van der Waals surface area contributed by atoms with Crippen molar-refractivity contribution in [3.63, 3.8) is 0 Å². The molecule has 1 aromatic carbocycles. The van der Waals surface area contributed by atoms with Gasteiger partial charge in [0, 0.05) is 25.0 Å². The summed E-state index contributed by atoms with van der Waals surface area (Å²) < 4.78 is 18.6. The van der Waals surface area contributed by atoms with E-state index >= 15 is 0 Å². The molecule has 8 nitrogen and oxygen atoms in total. The van der Waals surface area contributed by atoms with Crippen LogP contribution in [0.15, 0.2) is 71.6 Å². The molecule has 1 aliphatic rings. The van der Waals surface area contributed by atoms with Crippen LogP contribution in [0.5, 0.6) is 0 Å². The summed E-state index contributed by atoms with van der Waals surface area (Å²) >= 11 is 0. The lowest BCUT2D eigenvalue weighted by Gasteiger charge is -2.33. The van der Waals surface area contributed by atoms with Gasteiger partial charge in [-0.15, -0.1) is 0 Å². The molecule has 188 valence electrons. The van der Waals surface area contributed by atoms with E-state index in [4.69, 9.17) is 4.42 Å². The van der Waals surface area contributed by atoms with Crippen molar-refractivity contribution in [2.24, 2.45) is 0 Å². The minimum Gasteiger partial charge on any atom is -0.459 e. The van der Waals surface area contributed by atoms with Gasteiger partial charge in [-0.1, -0.05) is 31.4 Å². The second-order valence-corrected chi connectivity index (χ2v) is 8.83. The highest BCUT2D eigenvalue weighted by Gasteiger charge is 2.33. The van der Waals surface area contributed by atoms with Crippen molar-refractivity contribution >= 4 is 17.7 Å². The molecule has 1 unspecified atom stereocenters. The first-order valence-electron chi connectivity index (χ1n) is 12.1. The third-order valence-corrected chi connectivity index (χ3v) is 6.27. The number of amides is 3. The summed E-state index contributed by atoms with van der Waals surface area (Å²) in [5, 5.41) is 5.68. The van der Waals surface area contributed by atoms with Gasteiger partial charge in [-0.05, 0) is 60.4 Å². The maximum absolute atomic E-state index is 13.6. The van der Waals surface area contributed by atoms with E-state index in [1.165, 1.54) is 29.4 Å². The van der Waals surface area contributed by atoms with Crippen molar-refractivity contribution in [1.82, 2.24) is 20.5 Å². The summed E-state index contributed by atoms with van der Waals surface area (Å²) in [6.07, 6.45) is 9.51. The van der Waals surface area contributed by atoms with E-state index in [0.29, 0.717) is 11.1 Å². The number of pyridine rings is 1. The van der Waals surface area contributed by atoms with Gasteiger partial charge in [-0.3, -0.25) is 19.4 Å². The fraction of sp³-hybridized carbons (Fsp3) is 0.333. The van der Waals surface area contributed by atoms with E-state index in [9.17, 15) is 18.8 Å². The Morgan fingerprint density at radius 2 is 1.75 bits per heavy atom. The molecule has 9 heteroatoms. The van der Waals surface area contributed by atoms with Gasteiger partial charge in [0.25, 0.3) is 5.91 Å². The van der Waals surface area contributed by atoms with Crippen LogP contribution in [0.4, 0.5) is 4.39 Å². The van der Waals surface area contributed by atoms with Gasteiger partial charge in [-0.2, -0.15) is 0 Å². The number of halogens is 1. The van der Waals surface area contributed by atoms with Crippen LogP contribution in [-0.2, 0) is 16.1 Å². The maximum atomic E-state index is 13.6. The molecule has 0 radical (unpaired) electrons. The normalized spacial score (nSPS) is 14.6. The summed E-state index contributed by atoms with van der Waals surface area (Å²) in [6.45, 7) is -0.306. The molecular weight excluding hydrogens is 463 g/mol. The number of carbonyl (C=O) groups is 3. The first kappa shape index (κ1) is 25.1. The largest absolute Gasteiger partial charge is 0.459 e. The number of rotatable bonds is 9. The molecule has 2 aromatic heterocycles. The van der Waals surface area contributed by atoms with Crippen molar-refractivity contribution in [1.29, 1.82) is 0 Å². The van der Waals surface area contributed by atoms with Crippen LogP contribution in [0.2, 0.25) is 0 Å². The number of carbonyl (C=O) groups excluding carboxylic acids is 3. The van der Waals surface area contributed by atoms with Crippen LogP contribution < -0.4 is 10.6 Å². The highest BCUT2D eigenvalue weighted by Crippen LogP contribution is 2.25.